The van der Waals surface area contributed by atoms with Gasteiger partial charge in [0.2, 0.25) is 5.56 Å². The van der Waals surface area contributed by atoms with E-state index in [-0.39, 0.29) is 5.56 Å². The van der Waals surface area contributed by atoms with Crippen LogP contribution in [-0.4, -0.2) is 4.98 Å². The molecule has 0 aliphatic rings. The molecule has 13 heavy (non-hydrogen) atoms. The third-order valence-electron chi connectivity index (χ3n) is 1.07. The van der Waals surface area contributed by atoms with Crippen LogP contribution in [0, 0.1) is 6.92 Å². The van der Waals surface area contributed by atoms with Gasteiger partial charge in [0, 0.05) is 16.7 Å². The van der Waals surface area contributed by atoms with Crippen LogP contribution in [0.3, 0.4) is 0 Å². The molecule has 3 heteroatoms. The molecule has 0 unspecified atom stereocenters. The van der Waals surface area contributed by atoms with E-state index in [2.05, 4.69) is 20.9 Å². The molecule has 0 spiro atoms. The lowest BCUT2D eigenvalue weighted by Gasteiger charge is -1.91. The highest BCUT2D eigenvalue weighted by atomic mass is 79.9. The number of aryl methyl sites for hydroxylation is 1. The van der Waals surface area contributed by atoms with E-state index in [1.54, 1.807) is 6.20 Å². The molecule has 0 bridgehead atoms. The maximum absolute atomic E-state index is 10.6. The zero-order valence-electron chi connectivity index (χ0n) is 8.94. The monoisotopic (exact) mass is 247 g/mol. The van der Waals surface area contributed by atoms with E-state index in [4.69, 9.17) is 0 Å². The van der Waals surface area contributed by atoms with Gasteiger partial charge >= 0.3 is 0 Å². The number of halogens is 1. The molecule has 2 nitrogen and oxygen atoms in total. The van der Waals surface area contributed by atoms with E-state index in [0.29, 0.717) is 0 Å². The first-order valence-electron chi connectivity index (χ1n) is 4.55. The first kappa shape index (κ1) is 14.9. The Morgan fingerprint density at radius 1 is 1.23 bits per heavy atom. The molecule has 0 saturated carbocycles. The number of aromatic nitrogens is 1. The van der Waals surface area contributed by atoms with Gasteiger partial charge < -0.3 is 4.98 Å². The minimum absolute atomic E-state index is 0.0764. The Kier molecular flexibility index (Phi) is 10.9. The Bertz CT molecular complexity index is 268. The van der Waals surface area contributed by atoms with Gasteiger partial charge in [-0.15, -0.1) is 0 Å². The van der Waals surface area contributed by atoms with Crippen molar-refractivity contribution in [1.82, 2.24) is 4.98 Å². The summed E-state index contributed by atoms with van der Waals surface area (Å²) in [5.74, 6) is 0. The van der Waals surface area contributed by atoms with E-state index in [1.165, 1.54) is 6.07 Å². The van der Waals surface area contributed by atoms with Crippen molar-refractivity contribution in [2.75, 3.05) is 0 Å². The number of pyridine rings is 1. The topological polar surface area (TPSA) is 32.9 Å². The van der Waals surface area contributed by atoms with Gasteiger partial charge in [0.15, 0.2) is 0 Å². The van der Waals surface area contributed by atoms with Gasteiger partial charge in [0.05, 0.1) is 0 Å². The highest BCUT2D eigenvalue weighted by molar-refractivity contribution is 9.10. The average molecular weight is 248 g/mol. The van der Waals surface area contributed by atoms with E-state index in [9.17, 15) is 4.79 Å². The average Bonchev–Trinajstić information content (AvgIpc) is 2.18. The van der Waals surface area contributed by atoms with Crippen LogP contribution in [0.5, 0.6) is 0 Å². The minimum atomic E-state index is -0.0764. The molecule has 0 saturated heterocycles. The summed E-state index contributed by atoms with van der Waals surface area (Å²) in [5.41, 5.74) is 0.960. The summed E-state index contributed by atoms with van der Waals surface area (Å²) in [6.45, 7) is 9.92. The van der Waals surface area contributed by atoms with Crippen molar-refractivity contribution in [3.05, 3.63) is 32.7 Å². The smallest absolute Gasteiger partial charge is 0.249 e. The van der Waals surface area contributed by atoms with Crippen molar-refractivity contribution in [1.29, 1.82) is 0 Å². The van der Waals surface area contributed by atoms with Crippen molar-refractivity contribution in [2.45, 2.75) is 34.6 Å². The lowest BCUT2D eigenvalue weighted by atomic mass is 10.3. The second-order valence-corrected chi connectivity index (χ2v) is 2.68. The summed E-state index contributed by atoms with van der Waals surface area (Å²) in [6.07, 6.45) is 1.67. The first-order chi connectivity index (χ1) is 6.20. The van der Waals surface area contributed by atoms with E-state index in [1.807, 2.05) is 34.6 Å². The number of hydrogen-bond donors (Lipinski definition) is 1. The van der Waals surface area contributed by atoms with Crippen LogP contribution in [0.2, 0.25) is 0 Å². The van der Waals surface area contributed by atoms with Crippen LogP contribution in [-0.2, 0) is 0 Å². The van der Waals surface area contributed by atoms with Crippen molar-refractivity contribution in [3.8, 4) is 0 Å². The molecule has 0 aliphatic carbocycles. The first-order valence-corrected chi connectivity index (χ1v) is 5.34. The molecule has 0 aliphatic heterocycles. The maximum atomic E-state index is 10.6. The van der Waals surface area contributed by atoms with Gasteiger partial charge in [-0.05, 0) is 12.5 Å². The predicted octanol–water partition coefficient (Wildman–Crippen LogP) is 3.50. The van der Waals surface area contributed by atoms with E-state index in [0.717, 1.165) is 10.0 Å². The number of hydrogen-bond acceptors (Lipinski definition) is 1. The Balaban J connectivity index is 0. The summed E-state index contributed by atoms with van der Waals surface area (Å²) in [5, 5.41) is 0. The molecule has 1 aromatic rings. The van der Waals surface area contributed by atoms with Crippen LogP contribution >= 0.6 is 15.9 Å². The normalized spacial score (nSPS) is 7.54. The van der Waals surface area contributed by atoms with Crippen molar-refractivity contribution in [3.63, 3.8) is 0 Å². The minimum Gasteiger partial charge on any atom is -0.329 e. The van der Waals surface area contributed by atoms with Crippen LogP contribution < -0.4 is 5.56 Å². The molecule has 0 atom stereocenters. The molecule has 0 amide bonds. The van der Waals surface area contributed by atoms with Crippen molar-refractivity contribution < 1.29 is 0 Å². The van der Waals surface area contributed by atoms with Gasteiger partial charge in [0.1, 0.15) is 0 Å². The summed E-state index contributed by atoms with van der Waals surface area (Å²) in [7, 11) is 0. The Morgan fingerprint density at radius 3 is 2.00 bits per heavy atom. The van der Waals surface area contributed by atoms with Crippen molar-refractivity contribution >= 4 is 15.9 Å². The fourth-order valence-electron chi connectivity index (χ4n) is 0.519. The Morgan fingerprint density at radius 2 is 1.69 bits per heavy atom. The van der Waals surface area contributed by atoms with Crippen LogP contribution in [0.4, 0.5) is 0 Å². The highest BCUT2D eigenvalue weighted by Crippen LogP contribution is 2.09. The molecule has 1 aromatic heterocycles. The molecular formula is C10H18BrNO. The summed E-state index contributed by atoms with van der Waals surface area (Å²) < 4.78 is 0.853. The molecule has 1 heterocycles. The number of rotatable bonds is 0. The zero-order chi connectivity index (χ0) is 10.9. The van der Waals surface area contributed by atoms with Gasteiger partial charge in [-0.2, -0.15) is 0 Å². The highest BCUT2D eigenvalue weighted by Gasteiger charge is 1.91. The maximum Gasteiger partial charge on any atom is 0.249 e. The van der Waals surface area contributed by atoms with Gasteiger partial charge in [-0.25, -0.2) is 0 Å². The molecule has 1 N–H and O–H groups in total. The quantitative estimate of drug-likeness (QED) is 0.748. The standard InChI is InChI=1S/C6H6BrNO.2C2H6/c1-4-3-8-6(9)2-5(4)7;2*1-2/h2-3H,1H3,(H,8,9);2*1-2H3. The molecule has 0 radical (unpaired) electrons. The number of nitrogens with one attached hydrogen (secondary N) is 1. The van der Waals surface area contributed by atoms with Gasteiger partial charge in [0.25, 0.3) is 0 Å². The zero-order valence-corrected chi connectivity index (χ0v) is 10.5. The van der Waals surface area contributed by atoms with E-state index < -0.39 is 0 Å². The van der Waals surface area contributed by atoms with E-state index >= 15 is 0 Å². The number of H-pyrrole nitrogens is 1. The molecular weight excluding hydrogens is 230 g/mol. The lowest BCUT2D eigenvalue weighted by molar-refractivity contribution is 1.18. The largest absolute Gasteiger partial charge is 0.329 e. The lowest BCUT2D eigenvalue weighted by Crippen LogP contribution is -2.02. The second-order valence-electron chi connectivity index (χ2n) is 1.83. The van der Waals surface area contributed by atoms with Crippen LogP contribution in [0.25, 0.3) is 0 Å². The Labute approximate surface area is 88.5 Å². The number of aromatic amines is 1. The fraction of sp³-hybridized carbons (Fsp3) is 0.500. The molecule has 1 rings (SSSR count). The summed E-state index contributed by atoms with van der Waals surface area (Å²) >= 11 is 3.23. The molecule has 76 valence electrons. The second kappa shape index (κ2) is 9.52. The van der Waals surface area contributed by atoms with Gasteiger partial charge in [-0.3, -0.25) is 4.79 Å². The third kappa shape index (κ3) is 6.58. The SMILES string of the molecule is CC.CC.Cc1c[nH]c(=O)cc1Br. The molecule has 0 fully saturated rings. The predicted molar refractivity (Wildman–Crippen MR) is 62.2 cm³/mol. The van der Waals surface area contributed by atoms with Gasteiger partial charge in [-0.1, -0.05) is 43.6 Å². The van der Waals surface area contributed by atoms with Crippen molar-refractivity contribution in [2.24, 2.45) is 0 Å². The Hall–Kier alpha value is -0.570. The third-order valence-corrected chi connectivity index (χ3v) is 1.92. The van der Waals surface area contributed by atoms with Crippen LogP contribution in [0.1, 0.15) is 33.3 Å². The fourth-order valence-corrected chi connectivity index (χ4v) is 0.841. The summed E-state index contributed by atoms with van der Waals surface area (Å²) in [4.78, 5) is 13.1. The molecule has 0 aromatic carbocycles. The van der Waals surface area contributed by atoms with Crippen LogP contribution in [0.15, 0.2) is 21.5 Å². The summed E-state index contributed by atoms with van der Waals surface area (Å²) in [6, 6.07) is 1.51.